The summed E-state index contributed by atoms with van der Waals surface area (Å²) in [6.07, 6.45) is 0. The fraction of sp³-hybridized carbons (Fsp3) is 0.462. The summed E-state index contributed by atoms with van der Waals surface area (Å²) >= 11 is 0. The first-order valence-corrected chi connectivity index (χ1v) is 6.01. The van der Waals surface area contributed by atoms with Crippen LogP contribution in [0, 0.1) is 16.0 Å². The van der Waals surface area contributed by atoms with E-state index < -0.39 is 16.8 Å². The average Bonchev–Trinajstić information content (AvgIpc) is 2.37. The van der Waals surface area contributed by atoms with E-state index >= 15 is 0 Å². The molecule has 0 aliphatic carbocycles. The average molecular weight is 266 g/mol. The van der Waals surface area contributed by atoms with E-state index in [0.717, 1.165) is 0 Å². The van der Waals surface area contributed by atoms with Gasteiger partial charge in [-0.15, -0.1) is 0 Å². The lowest BCUT2D eigenvalue weighted by Crippen LogP contribution is -2.31. The summed E-state index contributed by atoms with van der Waals surface area (Å²) in [6, 6.07) is 6.30. The third-order valence-corrected chi connectivity index (χ3v) is 3.23. The molecule has 6 heteroatoms. The summed E-state index contributed by atoms with van der Waals surface area (Å²) in [6.45, 7) is 3.78. The lowest BCUT2D eigenvalue weighted by atomic mass is 10.0. The number of carbonyl (C=O) groups is 1. The number of carboxylic acid groups (broad SMARTS) is 1. The van der Waals surface area contributed by atoms with Gasteiger partial charge >= 0.3 is 5.97 Å². The molecular formula is C13H18N2O4. The fourth-order valence-corrected chi connectivity index (χ4v) is 1.91. The molecule has 0 spiro atoms. The molecule has 104 valence electrons. The van der Waals surface area contributed by atoms with Gasteiger partial charge in [0.05, 0.1) is 10.8 Å². The van der Waals surface area contributed by atoms with Crippen LogP contribution in [0.1, 0.15) is 25.5 Å². The van der Waals surface area contributed by atoms with E-state index in [-0.39, 0.29) is 11.7 Å². The summed E-state index contributed by atoms with van der Waals surface area (Å²) < 4.78 is 0. The lowest BCUT2D eigenvalue weighted by molar-refractivity contribution is -0.385. The van der Waals surface area contributed by atoms with E-state index in [0.29, 0.717) is 12.1 Å². The maximum atomic E-state index is 11.0. The largest absolute Gasteiger partial charge is 0.481 e. The molecule has 0 fully saturated rings. The summed E-state index contributed by atoms with van der Waals surface area (Å²) in [5.41, 5.74) is 0.650. The summed E-state index contributed by atoms with van der Waals surface area (Å²) in [5.74, 6) is -1.39. The van der Waals surface area contributed by atoms with Gasteiger partial charge in [-0.2, -0.15) is 0 Å². The normalized spacial score (nSPS) is 14.1. The van der Waals surface area contributed by atoms with Gasteiger partial charge in [0.25, 0.3) is 5.69 Å². The zero-order valence-corrected chi connectivity index (χ0v) is 11.2. The Bertz CT molecular complexity index is 475. The van der Waals surface area contributed by atoms with Crippen molar-refractivity contribution in [1.29, 1.82) is 0 Å². The zero-order valence-electron chi connectivity index (χ0n) is 11.2. The monoisotopic (exact) mass is 266 g/mol. The molecule has 6 nitrogen and oxygen atoms in total. The van der Waals surface area contributed by atoms with Crippen molar-refractivity contribution in [2.45, 2.75) is 19.9 Å². The van der Waals surface area contributed by atoms with Gasteiger partial charge < -0.3 is 5.11 Å². The van der Waals surface area contributed by atoms with Gasteiger partial charge in [0, 0.05) is 24.2 Å². The molecule has 0 saturated carbocycles. The van der Waals surface area contributed by atoms with Crippen molar-refractivity contribution in [3.8, 4) is 0 Å². The highest BCUT2D eigenvalue weighted by atomic mass is 16.6. The smallest absolute Gasteiger partial charge is 0.307 e. The molecule has 1 rings (SSSR count). The maximum Gasteiger partial charge on any atom is 0.307 e. The Morgan fingerprint density at radius 3 is 2.53 bits per heavy atom. The van der Waals surface area contributed by atoms with Gasteiger partial charge in [-0.05, 0) is 14.0 Å². The predicted molar refractivity (Wildman–Crippen MR) is 70.9 cm³/mol. The molecule has 2 unspecified atom stereocenters. The van der Waals surface area contributed by atoms with Crippen molar-refractivity contribution in [1.82, 2.24) is 4.90 Å². The summed E-state index contributed by atoms with van der Waals surface area (Å²) in [7, 11) is 1.76. The van der Waals surface area contributed by atoms with Crippen LogP contribution >= 0.6 is 0 Å². The molecule has 0 aromatic heterocycles. The van der Waals surface area contributed by atoms with Crippen LogP contribution < -0.4 is 0 Å². The molecule has 2 atom stereocenters. The van der Waals surface area contributed by atoms with Gasteiger partial charge in [0.15, 0.2) is 0 Å². The van der Waals surface area contributed by atoms with Gasteiger partial charge in [-0.25, -0.2) is 0 Å². The van der Waals surface area contributed by atoms with Gasteiger partial charge in [-0.3, -0.25) is 19.8 Å². The Labute approximate surface area is 111 Å². The van der Waals surface area contributed by atoms with Crippen LogP contribution in [0.5, 0.6) is 0 Å². The van der Waals surface area contributed by atoms with Crippen LogP contribution in [0.3, 0.4) is 0 Å². The Kier molecular flexibility index (Phi) is 5.00. The van der Waals surface area contributed by atoms with Crippen LogP contribution in [0.4, 0.5) is 5.69 Å². The molecule has 1 aromatic carbocycles. The Morgan fingerprint density at radius 2 is 2.00 bits per heavy atom. The van der Waals surface area contributed by atoms with Gasteiger partial charge in [0.1, 0.15) is 0 Å². The molecule has 1 N–H and O–H groups in total. The predicted octanol–water partition coefficient (Wildman–Crippen LogP) is 2.31. The Balaban J connectivity index is 2.91. The van der Waals surface area contributed by atoms with E-state index in [1.165, 1.54) is 6.07 Å². The highest BCUT2D eigenvalue weighted by Gasteiger charge is 2.23. The van der Waals surface area contributed by atoms with Gasteiger partial charge in [0.2, 0.25) is 0 Å². The van der Waals surface area contributed by atoms with Crippen molar-refractivity contribution >= 4 is 11.7 Å². The summed E-state index contributed by atoms with van der Waals surface area (Å²) in [5, 5.41) is 19.9. The second-order valence-corrected chi connectivity index (χ2v) is 4.67. The van der Waals surface area contributed by atoms with Crippen molar-refractivity contribution < 1.29 is 14.8 Å². The quantitative estimate of drug-likeness (QED) is 0.631. The number of hydrogen-bond donors (Lipinski definition) is 1. The highest BCUT2D eigenvalue weighted by molar-refractivity contribution is 5.69. The minimum atomic E-state index is -0.874. The number of aliphatic carboxylic acids is 1. The van der Waals surface area contributed by atoms with E-state index in [2.05, 4.69) is 0 Å². The minimum Gasteiger partial charge on any atom is -0.481 e. The molecule has 0 aliphatic rings. The minimum absolute atomic E-state index is 0.0600. The van der Waals surface area contributed by atoms with E-state index in [1.54, 1.807) is 37.1 Å². The molecule has 1 aromatic rings. The number of carboxylic acids is 1. The van der Waals surface area contributed by atoms with Crippen molar-refractivity contribution in [3.63, 3.8) is 0 Å². The SMILES string of the molecule is CC(CN(C)C(C)c1ccccc1[N+](=O)[O-])C(=O)O. The van der Waals surface area contributed by atoms with Crippen LogP contribution in [-0.2, 0) is 4.79 Å². The van der Waals surface area contributed by atoms with E-state index in [4.69, 9.17) is 5.11 Å². The first-order chi connectivity index (χ1) is 8.84. The lowest BCUT2D eigenvalue weighted by Gasteiger charge is -2.26. The zero-order chi connectivity index (χ0) is 14.6. The molecule has 0 bridgehead atoms. The standard InChI is InChI=1S/C13H18N2O4/c1-9(13(16)17)8-14(3)10(2)11-6-4-5-7-12(11)15(18)19/h4-7,9-10H,8H2,1-3H3,(H,16,17). The molecular weight excluding hydrogens is 248 g/mol. The third kappa shape index (κ3) is 3.75. The third-order valence-electron chi connectivity index (χ3n) is 3.23. The van der Waals surface area contributed by atoms with Crippen molar-refractivity contribution in [3.05, 3.63) is 39.9 Å². The second-order valence-electron chi connectivity index (χ2n) is 4.67. The number of hydrogen-bond acceptors (Lipinski definition) is 4. The number of benzene rings is 1. The molecule has 0 aliphatic heterocycles. The highest BCUT2D eigenvalue weighted by Crippen LogP contribution is 2.28. The summed E-state index contributed by atoms with van der Waals surface area (Å²) in [4.78, 5) is 23.2. The van der Waals surface area contributed by atoms with Gasteiger partial charge in [-0.1, -0.05) is 25.1 Å². The first kappa shape index (κ1) is 15.1. The number of nitro benzene ring substituents is 1. The molecule has 0 radical (unpaired) electrons. The van der Waals surface area contributed by atoms with Crippen LogP contribution in [0.25, 0.3) is 0 Å². The number of para-hydroxylation sites is 1. The molecule has 0 amide bonds. The Hall–Kier alpha value is -1.95. The topological polar surface area (TPSA) is 83.7 Å². The Morgan fingerprint density at radius 1 is 1.42 bits per heavy atom. The first-order valence-electron chi connectivity index (χ1n) is 6.01. The van der Waals surface area contributed by atoms with Crippen molar-refractivity contribution in [2.75, 3.05) is 13.6 Å². The van der Waals surface area contributed by atoms with Crippen molar-refractivity contribution in [2.24, 2.45) is 5.92 Å². The van der Waals surface area contributed by atoms with E-state index in [1.807, 2.05) is 6.92 Å². The fourth-order valence-electron chi connectivity index (χ4n) is 1.91. The van der Waals surface area contributed by atoms with Crippen LogP contribution in [0.2, 0.25) is 0 Å². The number of nitrogens with zero attached hydrogens (tertiary/aromatic N) is 2. The second kappa shape index (κ2) is 6.29. The van der Waals surface area contributed by atoms with E-state index in [9.17, 15) is 14.9 Å². The molecule has 0 saturated heterocycles. The molecule has 0 heterocycles. The number of nitro groups is 1. The van der Waals surface area contributed by atoms with Crippen LogP contribution in [-0.4, -0.2) is 34.5 Å². The van der Waals surface area contributed by atoms with Crippen LogP contribution in [0.15, 0.2) is 24.3 Å². The number of rotatable bonds is 6. The molecule has 19 heavy (non-hydrogen) atoms. The maximum absolute atomic E-state index is 11.0.